The lowest BCUT2D eigenvalue weighted by molar-refractivity contribution is -0.144. The topological polar surface area (TPSA) is 72.5 Å². The van der Waals surface area contributed by atoms with Gasteiger partial charge in [-0.25, -0.2) is 13.1 Å². The van der Waals surface area contributed by atoms with Crippen molar-refractivity contribution in [1.82, 2.24) is 4.72 Å². The van der Waals surface area contributed by atoms with Crippen LogP contribution >= 0.6 is 0 Å². The van der Waals surface area contributed by atoms with Crippen LogP contribution in [0.15, 0.2) is 59.5 Å². The quantitative estimate of drug-likeness (QED) is 0.741. The molecule has 0 unspecified atom stereocenters. The molecule has 2 rings (SSSR count). The fourth-order valence-corrected chi connectivity index (χ4v) is 3.10. The van der Waals surface area contributed by atoms with Crippen LogP contribution in [0.3, 0.4) is 0 Å². The van der Waals surface area contributed by atoms with E-state index in [-0.39, 0.29) is 19.6 Å². The van der Waals surface area contributed by atoms with E-state index in [2.05, 4.69) is 4.72 Å². The van der Waals surface area contributed by atoms with Gasteiger partial charge in [-0.15, -0.1) is 0 Å². The number of rotatable bonds is 7. The summed E-state index contributed by atoms with van der Waals surface area (Å²) in [4.78, 5) is 11.1. The van der Waals surface area contributed by atoms with E-state index in [4.69, 9.17) is 4.74 Å². The molecule has 0 heterocycles. The second-order valence-corrected chi connectivity index (χ2v) is 7.09. The molecule has 0 saturated heterocycles. The molecule has 5 nitrogen and oxygen atoms in total. The first-order chi connectivity index (χ1) is 12.2. The van der Waals surface area contributed by atoms with Crippen LogP contribution in [0.2, 0.25) is 0 Å². The molecule has 2 aromatic carbocycles. The highest BCUT2D eigenvalue weighted by Crippen LogP contribution is 2.30. The molecule has 26 heavy (non-hydrogen) atoms. The van der Waals surface area contributed by atoms with Crippen LogP contribution in [0.5, 0.6) is 0 Å². The molecule has 1 N–H and O–H groups in total. The van der Waals surface area contributed by atoms with E-state index < -0.39 is 32.6 Å². The lowest BCUT2D eigenvalue weighted by Crippen LogP contribution is -2.27. The van der Waals surface area contributed by atoms with Gasteiger partial charge in [0.15, 0.2) is 0 Å². The van der Waals surface area contributed by atoms with Gasteiger partial charge in [-0.3, -0.25) is 4.79 Å². The van der Waals surface area contributed by atoms with Crippen molar-refractivity contribution in [3.05, 3.63) is 65.7 Å². The lowest BCUT2D eigenvalue weighted by Gasteiger charge is -2.10. The summed E-state index contributed by atoms with van der Waals surface area (Å²) in [5.41, 5.74) is -0.284. The normalized spacial score (nSPS) is 12.0. The number of benzene rings is 2. The molecule has 0 radical (unpaired) electrons. The summed E-state index contributed by atoms with van der Waals surface area (Å²) in [5, 5.41) is 0. The Morgan fingerprint density at radius 3 is 2.38 bits per heavy atom. The van der Waals surface area contributed by atoms with E-state index in [1.54, 1.807) is 24.3 Å². The Hall–Kier alpha value is -2.39. The first kappa shape index (κ1) is 19.9. The van der Waals surface area contributed by atoms with Crippen molar-refractivity contribution < 1.29 is 31.1 Å². The molecular formula is C17H16F3NO4S. The number of carbonyl (C=O) groups excluding carboxylic acids is 1. The number of carbonyl (C=O) groups is 1. The van der Waals surface area contributed by atoms with Crippen LogP contribution < -0.4 is 4.72 Å². The molecule has 2 aromatic rings. The molecule has 0 atom stereocenters. The van der Waals surface area contributed by atoms with Gasteiger partial charge in [-0.1, -0.05) is 36.4 Å². The number of nitrogens with one attached hydrogen (secondary N) is 1. The average Bonchev–Trinajstić information content (AvgIpc) is 2.60. The second-order valence-electron chi connectivity index (χ2n) is 5.32. The Morgan fingerprint density at radius 1 is 1.04 bits per heavy atom. The maximum atomic E-state index is 12.7. The van der Waals surface area contributed by atoms with Gasteiger partial charge in [-0.2, -0.15) is 13.2 Å². The van der Waals surface area contributed by atoms with Crippen molar-refractivity contribution in [2.24, 2.45) is 0 Å². The zero-order valence-corrected chi connectivity index (χ0v) is 14.3. The van der Waals surface area contributed by atoms with Gasteiger partial charge in [0.2, 0.25) is 10.0 Å². The highest BCUT2D eigenvalue weighted by atomic mass is 32.2. The minimum absolute atomic E-state index is 0.0556. The predicted octanol–water partition coefficient (Wildman–Crippen LogP) is 3.12. The Labute approximate surface area is 148 Å². The largest absolute Gasteiger partial charge is 0.461 e. The average molecular weight is 387 g/mol. The van der Waals surface area contributed by atoms with Crippen molar-refractivity contribution in [3.63, 3.8) is 0 Å². The zero-order chi connectivity index (χ0) is 19.2. The first-order valence-electron chi connectivity index (χ1n) is 7.55. The Bertz CT molecular complexity index is 852. The maximum absolute atomic E-state index is 12.7. The van der Waals surface area contributed by atoms with Crippen molar-refractivity contribution >= 4 is 16.0 Å². The molecule has 140 valence electrons. The van der Waals surface area contributed by atoms with Gasteiger partial charge in [0.05, 0.1) is 16.9 Å². The fourth-order valence-electron chi connectivity index (χ4n) is 2.02. The molecule has 0 spiro atoms. The van der Waals surface area contributed by atoms with E-state index in [0.29, 0.717) is 6.07 Å². The summed E-state index contributed by atoms with van der Waals surface area (Å²) >= 11 is 0. The van der Waals surface area contributed by atoms with E-state index in [9.17, 15) is 26.4 Å². The minimum atomic E-state index is -4.65. The molecule has 0 aliphatic carbocycles. The van der Waals surface area contributed by atoms with E-state index in [0.717, 1.165) is 23.8 Å². The smallest absolute Gasteiger partial charge is 0.416 e. The van der Waals surface area contributed by atoms with Crippen LogP contribution in [0.25, 0.3) is 0 Å². The van der Waals surface area contributed by atoms with Crippen LogP contribution in [-0.2, 0) is 32.3 Å². The van der Waals surface area contributed by atoms with Crippen LogP contribution in [0.4, 0.5) is 13.2 Å². The fraction of sp³-hybridized carbons (Fsp3) is 0.235. The van der Waals surface area contributed by atoms with Crippen molar-refractivity contribution in [3.8, 4) is 0 Å². The third-order valence-corrected chi connectivity index (χ3v) is 4.79. The summed E-state index contributed by atoms with van der Waals surface area (Å²) in [6.07, 6.45) is -4.89. The molecule has 0 aromatic heterocycles. The number of halogens is 3. The van der Waals surface area contributed by atoms with Gasteiger partial charge < -0.3 is 4.74 Å². The van der Waals surface area contributed by atoms with E-state index in [1.165, 1.54) is 0 Å². The number of sulfonamides is 1. The molecule has 0 aliphatic rings. The monoisotopic (exact) mass is 387 g/mol. The maximum Gasteiger partial charge on any atom is 0.416 e. The highest BCUT2D eigenvalue weighted by Gasteiger charge is 2.31. The van der Waals surface area contributed by atoms with Crippen LogP contribution in [0, 0.1) is 0 Å². The van der Waals surface area contributed by atoms with Gasteiger partial charge in [0.1, 0.15) is 6.61 Å². The number of alkyl halides is 3. The van der Waals surface area contributed by atoms with Crippen molar-refractivity contribution in [2.75, 3.05) is 6.54 Å². The summed E-state index contributed by atoms with van der Waals surface area (Å²) in [6.45, 7) is -0.230. The molecule has 0 saturated carbocycles. The first-order valence-corrected chi connectivity index (χ1v) is 9.03. The number of hydrogen-bond acceptors (Lipinski definition) is 4. The number of hydrogen-bond donors (Lipinski definition) is 1. The zero-order valence-electron chi connectivity index (χ0n) is 13.5. The Morgan fingerprint density at radius 2 is 1.73 bits per heavy atom. The molecule has 0 bridgehead atoms. The van der Waals surface area contributed by atoms with Gasteiger partial charge in [0.25, 0.3) is 0 Å². The summed E-state index contributed by atoms with van der Waals surface area (Å²) in [6, 6.07) is 12.3. The predicted molar refractivity (Wildman–Crippen MR) is 87.5 cm³/mol. The van der Waals surface area contributed by atoms with Crippen molar-refractivity contribution in [2.45, 2.75) is 24.1 Å². The third kappa shape index (κ3) is 5.85. The number of ether oxygens (including phenoxy) is 1. The summed E-state index contributed by atoms with van der Waals surface area (Å²) in [7, 11) is -4.16. The van der Waals surface area contributed by atoms with E-state index in [1.807, 2.05) is 6.07 Å². The van der Waals surface area contributed by atoms with Gasteiger partial charge >= 0.3 is 12.1 Å². The van der Waals surface area contributed by atoms with E-state index >= 15 is 0 Å². The van der Waals surface area contributed by atoms with Gasteiger partial charge in [0, 0.05) is 6.54 Å². The summed E-state index contributed by atoms with van der Waals surface area (Å²) in [5.74, 6) is -0.624. The van der Waals surface area contributed by atoms with Crippen molar-refractivity contribution in [1.29, 1.82) is 0 Å². The Kier molecular flexibility index (Phi) is 6.38. The SMILES string of the molecule is O=C(CCNS(=O)(=O)c1cccc(C(F)(F)F)c1)OCc1ccccc1. The molecule has 0 aliphatic heterocycles. The molecular weight excluding hydrogens is 371 g/mol. The molecule has 0 fully saturated rings. The lowest BCUT2D eigenvalue weighted by atomic mass is 10.2. The highest BCUT2D eigenvalue weighted by molar-refractivity contribution is 7.89. The van der Waals surface area contributed by atoms with Gasteiger partial charge in [-0.05, 0) is 23.8 Å². The minimum Gasteiger partial charge on any atom is -0.461 e. The number of esters is 1. The van der Waals surface area contributed by atoms with Crippen LogP contribution in [0.1, 0.15) is 17.5 Å². The third-order valence-electron chi connectivity index (χ3n) is 3.34. The Balaban J connectivity index is 1.87. The summed E-state index contributed by atoms with van der Waals surface area (Å²) < 4.78 is 69.1. The molecule has 9 heteroatoms. The standard InChI is InChI=1S/C17H16F3NO4S/c18-17(19,20)14-7-4-8-15(11-14)26(23,24)21-10-9-16(22)25-12-13-5-2-1-3-6-13/h1-8,11,21H,9-10,12H2. The van der Waals surface area contributed by atoms with Crippen LogP contribution in [-0.4, -0.2) is 20.9 Å². The second kappa shape index (κ2) is 8.33. The molecule has 0 amide bonds.